The Morgan fingerprint density at radius 1 is 1.36 bits per heavy atom. The second kappa shape index (κ2) is 3.09. The molecule has 0 atom stereocenters. The summed E-state index contributed by atoms with van der Waals surface area (Å²) in [5.41, 5.74) is 0.0486. The third-order valence-electron chi connectivity index (χ3n) is 1.17. The van der Waals surface area contributed by atoms with Crippen molar-refractivity contribution in [1.29, 1.82) is 0 Å². The predicted molar refractivity (Wildman–Crippen MR) is 38.1 cm³/mol. The minimum absolute atomic E-state index is 0.0486. The lowest BCUT2D eigenvalue weighted by Gasteiger charge is -1.93. The molecular weight excluding hydrogens is 150 g/mol. The standard InChI is InChI=1S/C7H6F2N2/c8-6-1-2-7(9)5(3-6)4-11-10/h1-4H,10H2/b11-4-. The highest BCUT2D eigenvalue weighted by Crippen LogP contribution is 2.06. The van der Waals surface area contributed by atoms with Crippen LogP contribution in [0.25, 0.3) is 0 Å². The summed E-state index contributed by atoms with van der Waals surface area (Å²) in [6.45, 7) is 0. The van der Waals surface area contributed by atoms with Crippen LogP contribution in [0.1, 0.15) is 5.56 Å². The highest BCUT2D eigenvalue weighted by atomic mass is 19.1. The third kappa shape index (κ3) is 1.73. The summed E-state index contributed by atoms with van der Waals surface area (Å²) in [6, 6.07) is 3.07. The number of hydrogen-bond acceptors (Lipinski definition) is 2. The molecule has 0 heterocycles. The molecule has 1 aromatic rings. The highest BCUT2D eigenvalue weighted by molar-refractivity contribution is 5.79. The van der Waals surface area contributed by atoms with Gasteiger partial charge in [-0.15, -0.1) is 0 Å². The van der Waals surface area contributed by atoms with E-state index in [1.54, 1.807) is 0 Å². The van der Waals surface area contributed by atoms with Crippen molar-refractivity contribution in [2.45, 2.75) is 0 Å². The maximum Gasteiger partial charge on any atom is 0.132 e. The van der Waals surface area contributed by atoms with E-state index in [2.05, 4.69) is 5.10 Å². The number of benzene rings is 1. The lowest BCUT2D eigenvalue weighted by molar-refractivity contribution is 0.598. The summed E-state index contributed by atoms with van der Waals surface area (Å²) in [7, 11) is 0. The Bertz CT molecular complexity index is 284. The topological polar surface area (TPSA) is 38.4 Å². The first kappa shape index (κ1) is 7.65. The van der Waals surface area contributed by atoms with E-state index in [4.69, 9.17) is 5.84 Å². The summed E-state index contributed by atoms with van der Waals surface area (Å²) in [4.78, 5) is 0. The van der Waals surface area contributed by atoms with Gasteiger partial charge >= 0.3 is 0 Å². The summed E-state index contributed by atoms with van der Waals surface area (Å²) in [5, 5.41) is 3.08. The van der Waals surface area contributed by atoms with E-state index in [9.17, 15) is 8.78 Å². The van der Waals surface area contributed by atoms with E-state index >= 15 is 0 Å². The molecule has 0 saturated carbocycles. The normalized spacial score (nSPS) is 10.7. The van der Waals surface area contributed by atoms with E-state index in [-0.39, 0.29) is 5.56 Å². The van der Waals surface area contributed by atoms with Crippen LogP contribution in [0.3, 0.4) is 0 Å². The van der Waals surface area contributed by atoms with Crippen molar-refractivity contribution in [2.24, 2.45) is 10.9 Å². The maximum atomic E-state index is 12.6. The summed E-state index contributed by atoms with van der Waals surface area (Å²) < 4.78 is 25.0. The van der Waals surface area contributed by atoms with Crippen molar-refractivity contribution < 1.29 is 8.78 Å². The fourth-order valence-electron chi connectivity index (χ4n) is 0.694. The zero-order chi connectivity index (χ0) is 8.27. The monoisotopic (exact) mass is 156 g/mol. The first-order chi connectivity index (χ1) is 5.24. The molecule has 0 radical (unpaired) electrons. The fraction of sp³-hybridized carbons (Fsp3) is 0. The van der Waals surface area contributed by atoms with Crippen LogP contribution in [0.4, 0.5) is 8.78 Å². The molecule has 2 nitrogen and oxygen atoms in total. The van der Waals surface area contributed by atoms with Gasteiger partial charge in [0.05, 0.1) is 6.21 Å². The predicted octanol–water partition coefficient (Wildman–Crippen LogP) is 1.26. The van der Waals surface area contributed by atoms with Gasteiger partial charge < -0.3 is 5.84 Å². The lowest BCUT2D eigenvalue weighted by Crippen LogP contribution is -1.91. The van der Waals surface area contributed by atoms with Gasteiger partial charge in [-0.25, -0.2) is 8.78 Å². The van der Waals surface area contributed by atoms with Crippen molar-refractivity contribution >= 4 is 6.21 Å². The van der Waals surface area contributed by atoms with Crippen LogP contribution >= 0.6 is 0 Å². The number of nitrogens with zero attached hydrogens (tertiary/aromatic N) is 1. The van der Waals surface area contributed by atoms with Crippen molar-refractivity contribution in [3.63, 3.8) is 0 Å². The molecule has 0 unspecified atom stereocenters. The van der Waals surface area contributed by atoms with Gasteiger partial charge in [-0.05, 0) is 18.2 Å². The molecule has 0 aromatic heterocycles. The van der Waals surface area contributed by atoms with Crippen LogP contribution in [0, 0.1) is 11.6 Å². The van der Waals surface area contributed by atoms with Crippen LogP contribution in [0.5, 0.6) is 0 Å². The molecule has 0 spiro atoms. The fourth-order valence-corrected chi connectivity index (χ4v) is 0.694. The molecule has 0 amide bonds. The molecule has 0 aliphatic carbocycles. The Balaban J connectivity index is 3.12. The SMILES string of the molecule is N/N=C\c1cc(F)ccc1F. The van der Waals surface area contributed by atoms with Gasteiger partial charge in [0, 0.05) is 5.56 Å². The number of nitrogens with two attached hydrogens (primary N) is 1. The summed E-state index contributed by atoms with van der Waals surface area (Å²) >= 11 is 0. The Hall–Kier alpha value is -1.45. The van der Waals surface area contributed by atoms with Gasteiger partial charge in [-0.2, -0.15) is 5.10 Å². The van der Waals surface area contributed by atoms with Crippen LogP contribution in [-0.2, 0) is 0 Å². The Morgan fingerprint density at radius 3 is 2.73 bits per heavy atom. The van der Waals surface area contributed by atoms with Gasteiger partial charge in [0.1, 0.15) is 11.6 Å². The lowest BCUT2D eigenvalue weighted by atomic mass is 10.2. The minimum atomic E-state index is -0.541. The van der Waals surface area contributed by atoms with E-state index in [1.165, 1.54) is 0 Å². The molecule has 1 aromatic carbocycles. The van der Waals surface area contributed by atoms with Gasteiger partial charge in [0.15, 0.2) is 0 Å². The molecule has 4 heteroatoms. The molecular formula is C7H6F2N2. The maximum absolute atomic E-state index is 12.6. The quantitative estimate of drug-likeness (QED) is 0.371. The van der Waals surface area contributed by atoms with Crippen molar-refractivity contribution in [1.82, 2.24) is 0 Å². The average molecular weight is 156 g/mol. The van der Waals surface area contributed by atoms with E-state index in [0.717, 1.165) is 24.4 Å². The number of hydrogen-bond donors (Lipinski definition) is 1. The van der Waals surface area contributed by atoms with Crippen molar-refractivity contribution in [2.75, 3.05) is 0 Å². The van der Waals surface area contributed by atoms with E-state index < -0.39 is 11.6 Å². The molecule has 0 aliphatic heterocycles. The third-order valence-corrected chi connectivity index (χ3v) is 1.17. The number of halogens is 2. The summed E-state index contributed by atoms with van der Waals surface area (Å²) in [5.74, 6) is 3.71. The molecule has 0 fully saturated rings. The Morgan fingerprint density at radius 2 is 2.09 bits per heavy atom. The molecule has 11 heavy (non-hydrogen) atoms. The Kier molecular flexibility index (Phi) is 2.15. The molecule has 0 bridgehead atoms. The molecule has 1 rings (SSSR count). The highest BCUT2D eigenvalue weighted by Gasteiger charge is 1.99. The molecule has 0 saturated heterocycles. The second-order valence-electron chi connectivity index (χ2n) is 1.94. The van der Waals surface area contributed by atoms with Crippen LogP contribution < -0.4 is 5.84 Å². The molecule has 0 aliphatic rings. The largest absolute Gasteiger partial charge is 0.323 e. The smallest absolute Gasteiger partial charge is 0.132 e. The number of rotatable bonds is 1. The zero-order valence-electron chi connectivity index (χ0n) is 5.59. The molecule has 2 N–H and O–H groups in total. The average Bonchev–Trinajstić information content (AvgIpc) is 1.98. The minimum Gasteiger partial charge on any atom is -0.323 e. The van der Waals surface area contributed by atoms with Crippen LogP contribution in [0.2, 0.25) is 0 Å². The van der Waals surface area contributed by atoms with Gasteiger partial charge in [0.25, 0.3) is 0 Å². The van der Waals surface area contributed by atoms with Crippen molar-refractivity contribution in [3.05, 3.63) is 35.4 Å². The van der Waals surface area contributed by atoms with Gasteiger partial charge in [-0.1, -0.05) is 0 Å². The van der Waals surface area contributed by atoms with Gasteiger partial charge in [-0.3, -0.25) is 0 Å². The first-order valence-corrected chi connectivity index (χ1v) is 2.92. The van der Waals surface area contributed by atoms with Crippen molar-refractivity contribution in [3.8, 4) is 0 Å². The Labute approximate surface area is 62.3 Å². The second-order valence-corrected chi connectivity index (χ2v) is 1.94. The van der Waals surface area contributed by atoms with Crippen LogP contribution in [0.15, 0.2) is 23.3 Å². The zero-order valence-corrected chi connectivity index (χ0v) is 5.59. The van der Waals surface area contributed by atoms with Crippen LogP contribution in [-0.4, -0.2) is 6.21 Å². The van der Waals surface area contributed by atoms with Gasteiger partial charge in [0.2, 0.25) is 0 Å². The number of hydrazone groups is 1. The van der Waals surface area contributed by atoms with E-state index in [1.807, 2.05) is 0 Å². The summed E-state index contributed by atoms with van der Waals surface area (Å²) in [6.07, 6.45) is 1.05. The molecule has 58 valence electrons. The van der Waals surface area contributed by atoms with E-state index in [0.29, 0.717) is 0 Å². The first-order valence-electron chi connectivity index (χ1n) is 2.92.